The SMILES string of the molecule is CCCCCCCCCCCCCCCCCCCC(=O)OCCCCCCCCCCCCCCCCCCCCC(=O)NC(CO)C(O)CCCCCCCCCCCCCCCCC. The summed E-state index contributed by atoms with van der Waals surface area (Å²) in [7, 11) is 0. The number of rotatable bonds is 58. The summed E-state index contributed by atoms with van der Waals surface area (Å²) in [6.07, 6.45) is 66.7. The topological polar surface area (TPSA) is 95.9 Å². The molecule has 0 saturated heterocycles. The summed E-state index contributed by atoms with van der Waals surface area (Å²) in [5.41, 5.74) is 0. The van der Waals surface area contributed by atoms with Gasteiger partial charge in [-0.3, -0.25) is 9.59 Å². The zero-order valence-corrected chi connectivity index (χ0v) is 45.7. The zero-order chi connectivity index (χ0) is 48.6. The van der Waals surface area contributed by atoms with Crippen molar-refractivity contribution in [1.82, 2.24) is 5.32 Å². The lowest BCUT2D eigenvalue weighted by Gasteiger charge is -2.22. The Morgan fingerprint density at radius 2 is 0.612 bits per heavy atom. The average molecular weight is 949 g/mol. The van der Waals surface area contributed by atoms with Gasteiger partial charge in [0.2, 0.25) is 5.91 Å². The van der Waals surface area contributed by atoms with Crippen LogP contribution in [-0.4, -0.2) is 47.4 Å². The molecule has 67 heavy (non-hydrogen) atoms. The highest BCUT2D eigenvalue weighted by atomic mass is 16.5. The van der Waals surface area contributed by atoms with Crippen molar-refractivity contribution in [3.63, 3.8) is 0 Å². The lowest BCUT2D eigenvalue weighted by atomic mass is 10.0. The lowest BCUT2D eigenvalue weighted by Crippen LogP contribution is -2.45. The van der Waals surface area contributed by atoms with E-state index in [9.17, 15) is 19.8 Å². The Labute approximate surface area is 419 Å². The molecule has 0 heterocycles. The zero-order valence-electron chi connectivity index (χ0n) is 45.7. The first-order chi connectivity index (χ1) is 33.0. The van der Waals surface area contributed by atoms with E-state index < -0.39 is 12.1 Å². The van der Waals surface area contributed by atoms with Gasteiger partial charge in [0.15, 0.2) is 0 Å². The summed E-state index contributed by atoms with van der Waals surface area (Å²) in [5.74, 6) is -0.0234. The van der Waals surface area contributed by atoms with Crippen LogP contribution < -0.4 is 5.32 Å². The fraction of sp³-hybridized carbons (Fsp3) is 0.967. The maximum atomic E-state index is 12.5. The fourth-order valence-electron chi connectivity index (χ4n) is 9.94. The molecule has 0 aliphatic heterocycles. The van der Waals surface area contributed by atoms with E-state index in [0.717, 1.165) is 38.5 Å². The highest BCUT2D eigenvalue weighted by Gasteiger charge is 2.20. The molecule has 0 aromatic carbocycles. The molecule has 6 heteroatoms. The van der Waals surface area contributed by atoms with E-state index in [4.69, 9.17) is 4.74 Å². The molecule has 0 spiro atoms. The van der Waals surface area contributed by atoms with Crippen LogP contribution in [-0.2, 0) is 14.3 Å². The number of amides is 1. The van der Waals surface area contributed by atoms with Gasteiger partial charge in [0.1, 0.15) is 0 Å². The van der Waals surface area contributed by atoms with Crippen LogP contribution in [0.2, 0.25) is 0 Å². The molecule has 2 atom stereocenters. The Morgan fingerprint density at radius 1 is 0.358 bits per heavy atom. The Bertz CT molecular complexity index is 959. The van der Waals surface area contributed by atoms with Crippen molar-refractivity contribution >= 4 is 11.9 Å². The van der Waals surface area contributed by atoms with Crippen LogP contribution in [0, 0.1) is 0 Å². The van der Waals surface area contributed by atoms with Gasteiger partial charge >= 0.3 is 5.97 Å². The van der Waals surface area contributed by atoms with Gasteiger partial charge < -0.3 is 20.3 Å². The minimum Gasteiger partial charge on any atom is -0.466 e. The first-order valence-electron chi connectivity index (χ1n) is 30.8. The largest absolute Gasteiger partial charge is 0.466 e. The number of hydrogen-bond donors (Lipinski definition) is 3. The minimum atomic E-state index is -0.665. The standard InChI is InChI=1S/C61H121NO5/c1-3-5-7-9-11-13-15-17-19-22-27-31-35-39-43-47-51-55-61(66)67-56-52-48-44-40-36-32-28-24-21-20-23-26-30-34-38-42-46-50-54-60(65)62-58(57-63)59(64)53-49-45-41-37-33-29-25-18-16-14-12-10-8-6-4-2/h58-59,63-64H,3-57H2,1-2H3,(H,62,65). The van der Waals surface area contributed by atoms with Crippen LogP contribution in [0.5, 0.6) is 0 Å². The number of nitrogens with one attached hydrogen (secondary N) is 1. The third kappa shape index (κ3) is 54.0. The number of unbranched alkanes of at least 4 members (excludes halogenated alkanes) is 47. The summed E-state index contributed by atoms with van der Waals surface area (Å²) in [6.45, 7) is 4.98. The second kappa shape index (κ2) is 57.4. The maximum absolute atomic E-state index is 12.5. The van der Waals surface area contributed by atoms with Crippen LogP contribution in [0.4, 0.5) is 0 Å². The van der Waals surface area contributed by atoms with E-state index in [1.165, 1.54) is 283 Å². The van der Waals surface area contributed by atoms with Gasteiger partial charge in [0.05, 0.1) is 25.4 Å². The van der Waals surface area contributed by atoms with Gasteiger partial charge in [-0.05, 0) is 25.7 Å². The third-order valence-electron chi connectivity index (χ3n) is 14.7. The van der Waals surface area contributed by atoms with E-state index in [1.807, 2.05) is 0 Å². The van der Waals surface area contributed by atoms with Crippen LogP contribution in [0.3, 0.4) is 0 Å². The van der Waals surface area contributed by atoms with Gasteiger partial charge in [-0.1, -0.05) is 316 Å². The summed E-state index contributed by atoms with van der Waals surface area (Å²) in [5, 5.41) is 23.3. The summed E-state index contributed by atoms with van der Waals surface area (Å²) >= 11 is 0. The quantitative estimate of drug-likeness (QED) is 0.0417. The lowest BCUT2D eigenvalue weighted by molar-refractivity contribution is -0.143. The first kappa shape index (κ1) is 65.9. The van der Waals surface area contributed by atoms with Crippen LogP contribution >= 0.6 is 0 Å². The van der Waals surface area contributed by atoms with Crippen molar-refractivity contribution in [1.29, 1.82) is 0 Å². The van der Waals surface area contributed by atoms with Crippen molar-refractivity contribution in [2.45, 2.75) is 366 Å². The maximum Gasteiger partial charge on any atom is 0.305 e. The Kier molecular flexibility index (Phi) is 56.5. The van der Waals surface area contributed by atoms with Crippen molar-refractivity contribution in [3.8, 4) is 0 Å². The predicted octanol–water partition coefficient (Wildman–Crippen LogP) is 19.1. The van der Waals surface area contributed by atoms with Gasteiger partial charge in [-0.15, -0.1) is 0 Å². The van der Waals surface area contributed by atoms with E-state index in [2.05, 4.69) is 19.2 Å². The highest BCUT2D eigenvalue weighted by molar-refractivity contribution is 5.76. The molecule has 0 saturated carbocycles. The Hall–Kier alpha value is -1.14. The molecule has 1 amide bonds. The molecule has 400 valence electrons. The van der Waals surface area contributed by atoms with Crippen molar-refractivity contribution in [2.24, 2.45) is 0 Å². The van der Waals surface area contributed by atoms with Crippen LogP contribution in [0.25, 0.3) is 0 Å². The number of esters is 1. The summed E-state index contributed by atoms with van der Waals surface area (Å²) in [6, 6.07) is -0.543. The molecule has 0 rings (SSSR count). The third-order valence-corrected chi connectivity index (χ3v) is 14.7. The highest BCUT2D eigenvalue weighted by Crippen LogP contribution is 2.18. The molecule has 6 nitrogen and oxygen atoms in total. The predicted molar refractivity (Wildman–Crippen MR) is 292 cm³/mol. The van der Waals surface area contributed by atoms with Gasteiger partial charge in [0, 0.05) is 12.8 Å². The molecule has 0 aromatic rings. The molecule has 0 bridgehead atoms. The molecule has 3 N–H and O–H groups in total. The fourth-order valence-corrected chi connectivity index (χ4v) is 9.94. The number of hydrogen-bond acceptors (Lipinski definition) is 5. The molecule has 0 radical (unpaired) electrons. The normalized spacial score (nSPS) is 12.5. The molecular weight excluding hydrogens is 827 g/mol. The van der Waals surface area contributed by atoms with E-state index in [1.54, 1.807) is 0 Å². The summed E-state index contributed by atoms with van der Waals surface area (Å²) < 4.78 is 5.50. The molecular formula is C61H121NO5. The van der Waals surface area contributed by atoms with Gasteiger partial charge in [0.25, 0.3) is 0 Å². The number of ether oxygens (including phenoxy) is 1. The van der Waals surface area contributed by atoms with Crippen LogP contribution in [0.15, 0.2) is 0 Å². The minimum absolute atomic E-state index is 0.0124. The van der Waals surface area contributed by atoms with E-state index >= 15 is 0 Å². The summed E-state index contributed by atoms with van der Waals surface area (Å²) in [4.78, 5) is 24.6. The Morgan fingerprint density at radius 3 is 0.910 bits per heavy atom. The molecule has 0 fully saturated rings. The van der Waals surface area contributed by atoms with E-state index in [-0.39, 0.29) is 18.5 Å². The number of carbonyl (C=O) groups excluding carboxylic acids is 2. The monoisotopic (exact) mass is 948 g/mol. The van der Waals surface area contributed by atoms with Gasteiger partial charge in [-0.2, -0.15) is 0 Å². The number of aliphatic hydroxyl groups excluding tert-OH is 2. The average Bonchev–Trinajstić information content (AvgIpc) is 3.33. The number of aliphatic hydroxyl groups is 2. The van der Waals surface area contributed by atoms with Crippen molar-refractivity contribution in [2.75, 3.05) is 13.2 Å². The first-order valence-corrected chi connectivity index (χ1v) is 30.8. The second-order valence-electron chi connectivity index (χ2n) is 21.4. The van der Waals surface area contributed by atoms with Crippen molar-refractivity contribution < 1.29 is 24.5 Å². The van der Waals surface area contributed by atoms with Crippen molar-refractivity contribution in [3.05, 3.63) is 0 Å². The second-order valence-corrected chi connectivity index (χ2v) is 21.4. The molecule has 2 unspecified atom stereocenters. The Balaban J connectivity index is 3.37. The number of carbonyl (C=O) groups is 2. The molecule has 0 aromatic heterocycles. The smallest absolute Gasteiger partial charge is 0.305 e. The van der Waals surface area contributed by atoms with Crippen LogP contribution in [0.1, 0.15) is 354 Å². The van der Waals surface area contributed by atoms with Gasteiger partial charge in [-0.25, -0.2) is 0 Å². The molecule has 0 aliphatic carbocycles. The molecule has 0 aliphatic rings. The van der Waals surface area contributed by atoms with E-state index in [0.29, 0.717) is 25.9 Å².